The van der Waals surface area contributed by atoms with Crippen LogP contribution >= 0.6 is 24.0 Å². The molecule has 0 radical (unpaired) electrons. The number of hydrogen-bond donors (Lipinski definition) is 0. The Morgan fingerprint density at radius 1 is 1.44 bits per heavy atom. The fourth-order valence-electron chi connectivity index (χ4n) is 2.17. The van der Waals surface area contributed by atoms with Crippen molar-refractivity contribution in [2.75, 3.05) is 19.4 Å². The van der Waals surface area contributed by atoms with Gasteiger partial charge in [0.1, 0.15) is 11.1 Å². The summed E-state index contributed by atoms with van der Waals surface area (Å²) in [6.45, 7) is 5.46. The van der Waals surface area contributed by atoms with Crippen LogP contribution in [0.2, 0.25) is 0 Å². The molecule has 1 heterocycles. The van der Waals surface area contributed by atoms with Crippen molar-refractivity contribution in [3.63, 3.8) is 0 Å². The first kappa shape index (κ1) is 13.7. The van der Waals surface area contributed by atoms with Crippen LogP contribution in [-0.2, 0) is 0 Å². The average molecular weight is 281 g/mol. The van der Waals surface area contributed by atoms with Crippen molar-refractivity contribution in [1.29, 1.82) is 0 Å². The van der Waals surface area contributed by atoms with E-state index in [1.807, 2.05) is 23.9 Å². The third kappa shape index (κ3) is 2.81. The van der Waals surface area contributed by atoms with Gasteiger partial charge in [-0.15, -0.1) is 11.8 Å². The largest absolute Gasteiger partial charge is 0.496 e. The lowest BCUT2D eigenvalue weighted by molar-refractivity contribution is 0.350. The number of benzene rings is 1. The molecule has 98 valence electrons. The summed E-state index contributed by atoms with van der Waals surface area (Å²) in [7, 11) is 1.73. The maximum atomic E-state index is 5.48. The number of nitrogens with zero attached hydrogens (tertiary/aromatic N) is 1. The minimum absolute atomic E-state index is 0.302. The van der Waals surface area contributed by atoms with Gasteiger partial charge in [-0.25, -0.2) is 0 Å². The predicted octanol–water partition coefficient (Wildman–Crippen LogP) is 3.73. The van der Waals surface area contributed by atoms with Crippen LogP contribution in [0.1, 0.15) is 24.8 Å². The van der Waals surface area contributed by atoms with Crippen LogP contribution in [0.3, 0.4) is 0 Å². The lowest BCUT2D eigenvalue weighted by Crippen LogP contribution is -2.30. The second-order valence-corrected chi connectivity index (χ2v) is 6.39. The molecule has 1 fully saturated rings. The Kier molecular flexibility index (Phi) is 4.51. The van der Waals surface area contributed by atoms with Crippen molar-refractivity contribution in [1.82, 2.24) is 4.90 Å². The van der Waals surface area contributed by atoms with Gasteiger partial charge in [0, 0.05) is 17.9 Å². The highest BCUT2D eigenvalue weighted by atomic mass is 32.2. The summed E-state index contributed by atoms with van der Waals surface area (Å²) in [5.41, 5.74) is 1.23. The van der Waals surface area contributed by atoms with Gasteiger partial charge in [-0.2, -0.15) is 0 Å². The molecule has 0 aliphatic carbocycles. The zero-order chi connectivity index (χ0) is 13.1. The molecule has 1 aromatic carbocycles. The Morgan fingerprint density at radius 2 is 2.17 bits per heavy atom. The second-order valence-electron chi connectivity index (χ2n) is 4.85. The number of methoxy groups -OCH3 is 1. The molecule has 2 nitrogen and oxygen atoms in total. The van der Waals surface area contributed by atoms with Crippen LogP contribution in [0.25, 0.3) is 0 Å². The zero-order valence-corrected chi connectivity index (χ0v) is 12.7. The van der Waals surface area contributed by atoms with Crippen molar-refractivity contribution in [3.8, 4) is 5.75 Å². The van der Waals surface area contributed by atoms with Gasteiger partial charge in [0.05, 0.1) is 12.1 Å². The Bertz CT molecular complexity index is 434. The van der Waals surface area contributed by atoms with Gasteiger partial charge in [0.15, 0.2) is 0 Å². The highest BCUT2D eigenvalue weighted by Gasteiger charge is 2.32. The van der Waals surface area contributed by atoms with Crippen LogP contribution in [0.5, 0.6) is 5.75 Å². The van der Waals surface area contributed by atoms with E-state index >= 15 is 0 Å². The number of thioether (sulfide) groups is 1. The summed E-state index contributed by atoms with van der Waals surface area (Å²) < 4.78 is 5.46. The number of thiocarbonyl (C=S) groups is 1. The first-order valence-corrected chi connectivity index (χ1v) is 7.63. The summed E-state index contributed by atoms with van der Waals surface area (Å²) in [5, 5.41) is 0.302. The van der Waals surface area contributed by atoms with E-state index in [2.05, 4.69) is 30.9 Å². The predicted molar refractivity (Wildman–Crippen MR) is 82.3 cm³/mol. The van der Waals surface area contributed by atoms with E-state index in [4.69, 9.17) is 17.0 Å². The Morgan fingerprint density at radius 3 is 2.83 bits per heavy atom. The molecule has 1 atom stereocenters. The molecule has 0 spiro atoms. The third-order valence-electron chi connectivity index (χ3n) is 2.93. The van der Waals surface area contributed by atoms with E-state index in [1.54, 1.807) is 7.11 Å². The van der Waals surface area contributed by atoms with E-state index in [9.17, 15) is 0 Å². The number of rotatable bonds is 4. The summed E-state index contributed by atoms with van der Waals surface area (Å²) in [6, 6.07) is 8.23. The molecule has 0 amide bonds. The smallest absolute Gasteiger partial charge is 0.125 e. The summed E-state index contributed by atoms with van der Waals surface area (Å²) >= 11 is 7.37. The monoisotopic (exact) mass is 281 g/mol. The highest BCUT2D eigenvalue weighted by molar-refractivity contribution is 8.02. The third-order valence-corrected chi connectivity index (χ3v) is 4.76. The van der Waals surface area contributed by atoms with E-state index < -0.39 is 0 Å². The van der Waals surface area contributed by atoms with Crippen LogP contribution in [-0.4, -0.2) is 29.3 Å². The second kappa shape index (κ2) is 5.93. The molecule has 1 saturated heterocycles. The molecule has 1 aliphatic rings. The van der Waals surface area contributed by atoms with E-state index in [-0.39, 0.29) is 0 Å². The van der Waals surface area contributed by atoms with Crippen molar-refractivity contribution >= 4 is 29.0 Å². The van der Waals surface area contributed by atoms with Crippen molar-refractivity contribution in [2.45, 2.75) is 19.2 Å². The molecule has 0 N–H and O–H groups in total. The van der Waals surface area contributed by atoms with Gasteiger partial charge >= 0.3 is 0 Å². The summed E-state index contributed by atoms with van der Waals surface area (Å²) in [4.78, 5) is 3.40. The molecule has 1 aliphatic heterocycles. The first-order valence-electron chi connectivity index (χ1n) is 6.17. The quantitative estimate of drug-likeness (QED) is 0.779. The molecular formula is C14H19NOS2. The minimum Gasteiger partial charge on any atom is -0.496 e. The maximum Gasteiger partial charge on any atom is 0.125 e. The van der Waals surface area contributed by atoms with Gasteiger partial charge < -0.3 is 9.64 Å². The van der Waals surface area contributed by atoms with Gasteiger partial charge in [0.2, 0.25) is 0 Å². The maximum absolute atomic E-state index is 5.48. The van der Waals surface area contributed by atoms with Crippen LogP contribution in [0.4, 0.5) is 0 Å². The average Bonchev–Trinajstić information content (AvgIpc) is 2.70. The fourth-order valence-corrected chi connectivity index (χ4v) is 3.86. The fraction of sp³-hybridized carbons (Fsp3) is 0.500. The van der Waals surface area contributed by atoms with Crippen molar-refractivity contribution in [2.24, 2.45) is 5.92 Å². The van der Waals surface area contributed by atoms with E-state index in [1.165, 1.54) is 5.56 Å². The zero-order valence-electron chi connectivity index (χ0n) is 11.1. The van der Waals surface area contributed by atoms with E-state index in [0.717, 1.165) is 23.0 Å². The molecule has 0 aromatic heterocycles. The Hall–Kier alpha value is -0.740. The molecule has 0 bridgehead atoms. The van der Waals surface area contributed by atoms with Crippen molar-refractivity contribution in [3.05, 3.63) is 29.8 Å². The van der Waals surface area contributed by atoms with Gasteiger partial charge in [-0.05, 0) is 12.0 Å². The lowest BCUT2D eigenvalue weighted by atomic mass is 10.1. The van der Waals surface area contributed by atoms with E-state index in [0.29, 0.717) is 11.3 Å². The van der Waals surface area contributed by atoms with Crippen molar-refractivity contribution < 1.29 is 4.74 Å². The lowest BCUT2D eigenvalue weighted by Gasteiger charge is -2.28. The van der Waals surface area contributed by atoms with Gasteiger partial charge in [-0.1, -0.05) is 44.3 Å². The highest BCUT2D eigenvalue weighted by Crippen LogP contribution is 2.42. The van der Waals surface area contributed by atoms with Crippen LogP contribution in [0, 0.1) is 5.92 Å². The molecule has 2 rings (SSSR count). The molecular weight excluding hydrogens is 262 g/mol. The Balaban J connectivity index is 2.28. The topological polar surface area (TPSA) is 12.5 Å². The Labute approximate surface area is 119 Å². The molecule has 1 unspecified atom stereocenters. The SMILES string of the molecule is COc1ccccc1C1SCC(=S)N1CC(C)C. The first-order chi connectivity index (χ1) is 8.63. The summed E-state index contributed by atoms with van der Waals surface area (Å²) in [5.74, 6) is 2.50. The van der Waals surface area contributed by atoms with Crippen LogP contribution < -0.4 is 4.74 Å². The van der Waals surface area contributed by atoms with Gasteiger partial charge in [-0.3, -0.25) is 0 Å². The molecule has 0 saturated carbocycles. The molecule has 18 heavy (non-hydrogen) atoms. The summed E-state index contributed by atoms with van der Waals surface area (Å²) in [6.07, 6.45) is 0. The normalized spacial score (nSPS) is 19.7. The van der Waals surface area contributed by atoms with Gasteiger partial charge in [0.25, 0.3) is 0 Å². The molecule has 4 heteroatoms. The number of hydrogen-bond acceptors (Lipinski definition) is 3. The molecule has 1 aromatic rings. The van der Waals surface area contributed by atoms with Crippen LogP contribution in [0.15, 0.2) is 24.3 Å². The standard InChI is InChI=1S/C14H19NOS2/c1-10(2)8-15-13(17)9-18-14(15)11-6-4-5-7-12(11)16-3/h4-7,10,14H,8-9H2,1-3H3. The number of ether oxygens (including phenoxy) is 1. The minimum atomic E-state index is 0.302. The number of para-hydroxylation sites is 1.